The van der Waals surface area contributed by atoms with E-state index in [9.17, 15) is 9.59 Å². The van der Waals surface area contributed by atoms with Gasteiger partial charge in [-0.15, -0.1) is 0 Å². The lowest BCUT2D eigenvalue weighted by atomic mass is 10.1. The fourth-order valence-corrected chi connectivity index (χ4v) is 2.26. The summed E-state index contributed by atoms with van der Waals surface area (Å²) in [6.07, 6.45) is 0. The molecule has 0 aliphatic carbocycles. The molecule has 2 rings (SSSR count). The van der Waals surface area contributed by atoms with Crippen molar-refractivity contribution in [2.75, 3.05) is 18.5 Å². The molecule has 0 fully saturated rings. The van der Waals surface area contributed by atoms with Crippen LogP contribution in [0.1, 0.15) is 28.4 Å². The van der Waals surface area contributed by atoms with Crippen LogP contribution in [-0.2, 0) is 9.53 Å². The van der Waals surface area contributed by atoms with Crippen molar-refractivity contribution in [3.63, 3.8) is 0 Å². The third kappa shape index (κ3) is 4.35. The van der Waals surface area contributed by atoms with Crippen LogP contribution in [0.4, 0.5) is 11.4 Å². The number of hydrogen-bond donors (Lipinski definition) is 2. The van der Waals surface area contributed by atoms with E-state index in [1.807, 2.05) is 51.1 Å². The Morgan fingerprint density at radius 1 is 1.00 bits per heavy atom. The largest absolute Gasteiger partial charge is 0.452 e. The van der Waals surface area contributed by atoms with Crippen LogP contribution in [0.15, 0.2) is 42.5 Å². The van der Waals surface area contributed by atoms with E-state index < -0.39 is 5.97 Å². The summed E-state index contributed by atoms with van der Waals surface area (Å²) in [6, 6.07) is 13.0. The highest BCUT2D eigenvalue weighted by Crippen LogP contribution is 2.25. The van der Waals surface area contributed by atoms with Crippen molar-refractivity contribution in [3.05, 3.63) is 59.2 Å². The quantitative estimate of drug-likeness (QED) is 0.799. The molecule has 5 heteroatoms. The molecule has 2 aromatic rings. The van der Waals surface area contributed by atoms with E-state index >= 15 is 0 Å². The van der Waals surface area contributed by atoms with Gasteiger partial charge < -0.3 is 15.4 Å². The van der Waals surface area contributed by atoms with Crippen LogP contribution in [-0.4, -0.2) is 25.0 Å². The molecule has 24 heavy (non-hydrogen) atoms. The normalized spacial score (nSPS) is 10.1. The molecular weight excluding hydrogens is 304 g/mol. The van der Waals surface area contributed by atoms with Crippen molar-refractivity contribution >= 4 is 23.3 Å². The monoisotopic (exact) mass is 326 g/mol. The van der Waals surface area contributed by atoms with Crippen LogP contribution in [0.5, 0.6) is 0 Å². The van der Waals surface area contributed by atoms with Crippen LogP contribution in [0, 0.1) is 13.8 Å². The van der Waals surface area contributed by atoms with Gasteiger partial charge in [0.05, 0.1) is 11.3 Å². The number of amides is 1. The molecule has 0 saturated carbocycles. The third-order valence-electron chi connectivity index (χ3n) is 3.73. The number of nitrogens with one attached hydrogen (secondary N) is 2. The van der Waals surface area contributed by atoms with Gasteiger partial charge in [0.1, 0.15) is 0 Å². The summed E-state index contributed by atoms with van der Waals surface area (Å²) >= 11 is 0. The van der Waals surface area contributed by atoms with Crippen LogP contribution >= 0.6 is 0 Å². The number of hydrogen-bond acceptors (Lipinski definition) is 4. The van der Waals surface area contributed by atoms with E-state index in [0.717, 1.165) is 16.8 Å². The second kappa shape index (κ2) is 8.15. The first-order valence-corrected chi connectivity index (χ1v) is 7.89. The zero-order valence-electron chi connectivity index (χ0n) is 14.2. The van der Waals surface area contributed by atoms with Gasteiger partial charge in [-0.2, -0.15) is 0 Å². The molecule has 5 nitrogen and oxygen atoms in total. The highest BCUT2D eigenvalue weighted by Gasteiger charge is 2.14. The second-order valence-electron chi connectivity index (χ2n) is 5.45. The highest BCUT2D eigenvalue weighted by atomic mass is 16.5. The molecule has 0 aromatic heterocycles. The fraction of sp³-hybridized carbons (Fsp3) is 0.263. The van der Waals surface area contributed by atoms with E-state index in [1.165, 1.54) is 0 Å². The van der Waals surface area contributed by atoms with Gasteiger partial charge in [0.15, 0.2) is 6.61 Å². The minimum Gasteiger partial charge on any atom is -0.452 e. The van der Waals surface area contributed by atoms with E-state index in [0.29, 0.717) is 17.8 Å². The van der Waals surface area contributed by atoms with Gasteiger partial charge in [-0.3, -0.25) is 4.79 Å². The average Bonchev–Trinajstić information content (AvgIpc) is 2.57. The van der Waals surface area contributed by atoms with Crippen LogP contribution in [0.25, 0.3) is 0 Å². The molecule has 2 N–H and O–H groups in total. The number of anilines is 2. The number of para-hydroxylation sites is 1. The van der Waals surface area contributed by atoms with E-state index in [-0.39, 0.29) is 12.5 Å². The van der Waals surface area contributed by atoms with Gasteiger partial charge >= 0.3 is 5.97 Å². The molecule has 0 bridgehead atoms. The summed E-state index contributed by atoms with van der Waals surface area (Å²) < 4.78 is 5.08. The molecule has 0 heterocycles. The number of aryl methyl sites for hydroxylation is 1. The van der Waals surface area contributed by atoms with Crippen LogP contribution < -0.4 is 10.6 Å². The van der Waals surface area contributed by atoms with Gasteiger partial charge in [-0.05, 0) is 50.1 Å². The third-order valence-corrected chi connectivity index (χ3v) is 3.73. The Morgan fingerprint density at radius 2 is 1.71 bits per heavy atom. The molecule has 0 saturated heterocycles. The van der Waals surface area contributed by atoms with Gasteiger partial charge in [0, 0.05) is 12.2 Å². The van der Waals surface area contributed by atoms with E-state index in [4.69, 9.17) is 4.74 Å². The number of likely N-dealkylation sites (N-methyl/N-ethyl adjacent to an activating group) is 1. The SMILES string of the molecule is CCNC(=O)COC(=O)c1ccccc1Nc1cccc(C)c1C. The minimum absolute atomic E-state index is 0.287. The molecule has 1 amide bonds. The minimum atomic E-state index is -0.533. The first-order chi connectivity index (χ1) is 11.5. The molecular formula is C19H22N2O3. The number of carbonyl (C=O) groups is 2. The lowest BCUT2D eigenvalue weighted by Crippen LogP contribution is -2.28. The fourth-order valence-electron chi connectivity index (χ4n) is 2.26. The Bertz CT molecular complexity index is 741. The van der Waals surface area contributed by atoms with Crippen LogP contribution in [0.3, 0.4) is 0 Å². The molecule has 0 radical (unpaired) electrons. The summed E-state index contributed by atoms with van der Waals surface area (Å²) in [4.78, 5) is 23.7. The number of esters is 1. The second-order valence-corrected chi connectivity index (χ2v) is 5.45. The number of carbonyl (C=O) groups excluding carboxylic acids is 2. The molecule has 0 aliphatic rings. The first-order valence-electron chi connectivity index (χ1n) is 7.89. The average molecular weight is 326 g/mol. The van der Waals surface area contributed by atoms with Gasteiger partial charge in [-0.25, -0.2) is 4.79 Å². The maximum Gasteiger partial charge on any atom is 0.340 e. The van der Waals surface area contributed by atoms with Crippen molar-refractivity contribution < 1.29 is 14.3 Å². The highest BCUT2D eigenvalue weighted by molar-refractivity contribution is 5.97. The molecule has 0 aliphatic heterocycles. The molecule has 126 valence electrons. The standard InChI is InChI=1S/C19H22N2O3/c1-4-20-18(22)12-24-19(23)15-9-5-6-10-17(15)21-16-11-7-8-13(2)14(16)3/h5-11,21H,4,12H2,1-3H3,(H,20,22). The molecule has 0 spiro atoms. The lowest BCUT2D eigenvalue weighted by Gasteiger charge is -2.14. The Morgan fingerprint density at radius 3 is 2.46 bits per heavy atom. The zero-order chi connectivity index (χ0) is 17.5. The van der Waals surface area contributed by atoms with E-state index in [1.54, 1.807) is 12.1 Å². The zero-order valence-corrected chi connectivity index (χ0v) is 14.2. The first kappa shape index (κ1) is 17.5. The topological polar surface area (TPSA) is 67.4 Å². The Hall–Kier alpha value is -2.82. The van der Waals surface area contributed by atoms with Crippen molar-refractivity contribution in [1.29, 1.82) is 0 Å². The summed E-state index contributed by atoms with van der Waals surface area (Å²) in [5, 5.41) is 5.86. The predicted molar refractivity (Wildman–Crippen MR) is 94.6 cm³/mol. The number of rotatable bonds is 6. The van der Waals surface area contributed by atoms with Gasteiger partial charge in [0.25, 0.3) is 5.91 Å². The van der Waals surface area contributed by atoms with Crippen LogP contribution in [0.2, 0.25) is 0 Å². The Kier molecular flexibility index (Phi) is 5.95. The maximum atomic E-state index is 12.3. The van der Waals surface area contributed by atoms with Crippen molar-refractivity contribution in [2.24, 2.45) is 0 Å². The van der Waals surface area contributed by atoms with E-state index in [2.05, 4.69) is 10.6 Å². The summed E-state index contributed by atoms with van der Waals surface area (Å²) in [7, 11) is 0. The Balaban J connectivity index is 2.16. The Labute approximate surface area is 142 Å². The summed E-state index contributed by atoms with van der Waals surface area (Å²) in [6.45, 7) is 6.08. The smallest absolute Gasteiger partial charge is 0.340 e. The maximum absolute atomic E-state index is 12.3. The predicted octanol–water partition coefficient (Wildman–Crippen LogP) is 3.34. The van der Waals surface area contributed by atoms with Gasteiger partial charge in [-0.1, -0.05) is 24.3 Å². The number of benzene rings is 2. The molecule has 0 atom stereocenters. The van der Waals surface area contributed by atoms with Crippen molar-refractivity contribution in [1.82, 2.24) is 5.32 Å². The van der Waals surface area contributed by atoms with Crippen molar-refractivity contribution in [2.45, 2.75) is 20.8 Å². The molecule has 0 unspecified atom stereocenters. The lowest BCUT2D eigenvalue weighted by molar-refractivity contribution is -0.124. The summed E-state index contributed by atoms with van der Waals surface area (Å²) in [5.41, 5.74) is 4.24. The van der Waals surface area contributed by atoms with Gasteiger partial charge in [0.2, 0.25) is 0 Å². The number of ether oxygens (including phenoxy) is 1. The van der Waals surface area contributed by atoms with Crippen molar-refractivity contribution in [3.8, 4) is 0 Å². The summed E-state index contributed by atoms with van der Waals surface area (Å²) in [5.74, 6) is -0.847. The molecule has 2 aromatic carbocycles.